The number of aliphatic hydroxyl groups excluding tert-OH is 1. The number of β-amino-alcohol motifs (C(OH)–C–C–N with tert-alkyl or cyclic N) is 1. The monoisotopic (exact) mass is 228 g/mol. The molecule has 1 rings (SSSR count). The molecule has 0 saturated carbocycles. The summed E-state index contributed by atoms with van der Waals surface area (Å²) in [6, 6.07) is 1.68. The predicted molar refractivity (Wildman–Crippen MR) is 62.0 cm³/mol. The number of hydrogen-bond acceptors (Lipinski definition) is 3. The Morgan fingerprint density at radius 2 is 2.20 bits per heavy atom. The average molecular weight is 229 g/mol. The number of aromatic nitrogens is 1. The van der Waals surface area contributed by atoms with Crippen LogP contribution in [0.1, 0.15) is 32.4 Å². The number of aliphatic hydroxyl groups is 1. The van der Waals surface area contributed by atoms with Crippen molar-refractivity contribution in [2.24, 2.45) is 0 Å². The molecule has 0 aliphatic heterocycles. The zero-order chi connectivity index (χ0) is 11.5. The second-order valence-electron chi connectivity index (χ2n) is 4.54. The summed E-state index contributed by atoms with van der Waals surface area (Å²) in [7, 11) is 0. The lowest BCUT2D eigenvalue weighted by Crippen LogP contribution is -2.38. The molecule has 1 atom stereocenters. The normalized spacial score (nSPS) is 13.9. The van der Waals surface area contributed by atoms with Crippen molar-refractivity contribution >= 4 is 11.6 Å². The highest BCUT2D eigenvalue weighted by Crippen LogP contribution is 2.21. The standard InChI is InChI=1S/C11H17ClN2O/c1-11(2,3)14-7-10(15)8-6-13-5-4-9(8)12/h4-6,10,14-15H,7H2,1-3H3/t10-/m0/s1. The quantitative estimate of drug-likeness (QED) is 0.834. The van der Waals surface area contributed by atoms with Crippen LogP contribution >= 0.6 is 11.6 Å². The number of halogens is 1. The van der Waals surface area contributed by atoms with E-state index in [-0.39, 0.29) is 5.54 Å². The molecule has 0 amide bonds. The van der Waals surface area contributed by atoms with E-state index >= 15 is 0 Å². The lowest BCUT2D eigenvalue weighted by Gasteiger charge is -2.23. The Kier molecular flexibility index (Phi) is 4.08. The van der Waals surface area contributed by atoms with E-state index in [9.17, 15) is 5.11 Å². The Bertz CT molecular complexity index is 323. The van der Waals surface area contributed by atoms with Crippen molar-refractivity contribution in [1.82, 2.24) is 10.3 Å². The first kappa shape index (κ1) is 12.4. The fraction of sp³-hybridized carbons (Fsp3) is 0.545. The van der Waals surface area contributed by atoms with E-state index in [1.165, 1.54) is 0 Å². The minimum atomic E-state index is -0.620. The Hall–Kier alpha value is -0.640. The summed E-state index contributed by atoms with van der Waals surface area (Å²) in [5.74, 6) is 0. The number of nitrogens with one attached hydrogen (secondary N) is 1. The molecule has 1 aromatic heterocycles. The van der Waals surface area contributed by atoms with Crippen molar-refractivity contribution in [2.75, 3.05) is 6.54 Å². The molecule has 15 heavy (non-hydrogen) atoms. The molecule has 84 valence electrons. The van der Waals surface area contributed by atoms with Gasteiger partial charge < -0.3 is 10.4 Å². The van der Waals surface area contributed by atoms with Crippen LogP contribution in [0.4, 0.5) is 0 Å². The van der Waals surface area contributed by atoms with Gasteiger partial charge in [0.15, 0.2) is 0 Å². The van der Waals surface area contributed by atoms with Crippen LogP contribution in [0.5, 0.6) is 0 Å². The molecule has 1 aromatic rings. The topological polar surface area (TPSA) is 45.1 Å². The maximum absolute atomic E-state index is 9.88. The second kappa shape index (κ2) is 4.92. The summed E-state index contributed by atoms with van der Waals surface area (Å²) in [4.78, 5) is 3.94. The molecular weight excluding hydrogens is 212 g/mol. The number of hydrogen-bond donors (Lipinski definition) is 2. The molecule has 1 heterocycles. The molecule has 0 aromatic carbocycles. The molecule has 0 saturated heterocycles. The summed E-state index contributed by atoms with van der Waals surface area (Å²) in [5.41, 5.74) is 0.645. The van der Waals surface area contributed by atoms with Crippen molar-refractivity contribution in [2.45, 2.75) is 32.4 Å². The van der Waals surface area contributed by atoms with Crippen LogP contribution in [0.15, 0.2) is 18.5 Å². The summed E-state index contributed by atoms with van der Waals surface area (Å²) >= 11 is 5.94. The summed E-state index contributed by atoms with van der Waals surface area (Å²) in [6.07, 6.45) is 2.58. The fourth-order valence-electron chi connectivity index (χ4n) is 1.15. The smallest absolute Gasteiger partial charge is 0.0943 e. The zero-order valence-electron chi connectivity index (χ0n) is 9.29. The van der Waals surface area contributed by atoms with Crippen LogP contribution in [0.3, 0.4) is 0 Å². The van der Waals surface area contributed by atoms with E-state index in [0.29, 0.717) is 17.1 Å². The Morgan fingerprint density at radius 3 is 2.73 bits per heavy atom. The molecule has 2 N–H and O–H groups in total. The van der Waals surface area contributed by atoms with Gasteiger partial charge in [-0.05, 0) is 26.8 Å². The lowest BCUT2D eigenvalue weighted by atomic mass is 10.1. The van der Waals surface area contributed by atoms with Gasteiger partial charge >= 0.3 is 0 Å². The van der Waals surface area contributed by atoms with E-state index < -0.39 is 6.10 Å². The van der Waals surface area contributed by atoms with Crippen LogP contribution in [0, 0.1) is 0 Å². The molecule has 0 fully saturated rings. The van der Waals surface area contributed by atoms with Gasteiger partial charge in [0.25, 0.3) is 0 Å². The first-order valence-corrected chi connectivity index (χ1v) is 5.30. The largest absolute Gasteiger partial charge is 0.387 e. The lowest BCUT2D eigenvalue weighted by molar-refractivity contribution is 0.163. The van der Waals surface area contributed by atoms with Gasteiger partial charge in [0.2, 0.25) is 0 Å². The van der Waals surface area contributed by atoms with Gasteiger partial charge in [0.05, 0.1) is 6.10 Å². The second-order valence-corrected chi connectivity index (χ2v) is 4.95. The SMILES string of the molecule is CC(C)(C)NC[C@H](O)c1cnccc1Cl. The molecule has 0 aliphatic carbocycles. The van der Waals surface area contributed by atoms with E-state index in [1.807, 2.05) is 20.8 Å². The van der Waals surface area contributed by atoms with Gasteiger partial charge in [-0.25, -0.2) is 0 Å². The first-order valence-electron chi connectivity index (χ1n) is 4.92. The van der Waals surface area contributed by atoms with Gasteiger partial charge in [-0.1, -0.05) is 11.6 Å². The third-order valence-corrected chi connectivity index (χ3v) is 2.33. The Balaban J connectivity index is 2.62. The zero-order valence-corrected chi connectivity index (χ0v) is 10.0. The number of nitrogens with zero attached hydrogens (tertiary/aromatic N) is 1. The van der Waals surface area contributed by atoms with Gasteiger partial charge in [-0.3, -0.25) is 4.98 Å². The van der Waals surface area contributed by atoms with Crippen LogP contribution in [0.25, 0.3) is 0 Å². The van der Waals surface area contributed by atoms with Crippen LogP contribution < -0.4 is 5.32 Å². The minimum Gasteiger partial charge on any atom is -0.387 e. The number of rotatable bonds is 3. The molecule has 0 radical (unpaired) electrons. The third kappa shape index (κ3) is 4.16. The van der Waals surface area contributed by atoms with Crippen molar-refractivity contribution in [3.63, 3.8) is 0 Å². The fourth-order valence-corrected chi connectivity index (χ4v) is 1.38. The van der Waals surface area contributed by atoms with Crippen molar-refractivity contribution in [1.29, 1.82) is 0 Å². The summed E-state index contributed by atoms with van der Waals surface area (Å²) in [6.45, 7) is 6.61. The Morgan fingerprint density at radius 1 is 1.53 bits per heavy atom. The molecule has 4 heteroatoms. The molecule has 0 spiro atoms. The molecule has 3 nitrogen and oxygen atoms in total. The summed E-state index contributed by atoms with van der Waals surface area (Å²) < 4.78 is 0. The third-order valence-electron chi connectivity index (χ3n) is 1.98. The van der Waals surface area contributed by atoms with E-state index in [0.717, 1.165) is 0 Å². The predicted octanol–water partition coefficient (Wildman–Crippen LogP) is 2.16. The molecular formula is C11H17ClN2O. The van der Waals surface area contributed by atoms with Gasteiger partial charge in [-0.15, -0.1) is 0 Å². The van der Waals surface area contributed by atoms with Gasteiger partial charge in [0, 0.05) is 35.1 Å². The average Bonchev–Trinajstić information content (AvgIpc) is 2.14. The van der Waals surface area contributed by atoms with E-state index in [1.54, 1.807) is 18.5 Å². The summed E-state index contributed by atoms with van der Waals surface area (Å²) in [5, 5.41) is 13.6. The van der Waals surface area contributed by atoms with Gasteiger partial charge in [-0.2, -0.15) is 0 Å². The van der Waals surface area contributed by atoms with E-state index in [4.69, 9.17) is 11.6 Å². The van der Waals surface area contributed by atoms with Gasteiger partial charge in [0.1, 0.15) is 0 Å². The molecule has 0 aliphatic rings. The molecule has 0 bridgehead atoms. The highest BCUT2D eigenvalue weighted by Gasteiger charge is 2.15. The first-order chi connectivity index (χ1) is 6.90. The van der Waals surface area contributed by atoms with Crippen LogP contribution in [-0.2, 0) is 0 Å². The van der Waals surface area contributed by atoms with Crippen LogP contribution in [0.2, 0.25) is 5.02 Å². The highest BCUT2D eigenvalue weighted by molar-refractivity contribution is 6.31. The maximum atomic E-state index is 9.88. The minimum absolute atomic E-state index is 0.0182. The van der Waals surface area contributed by atoms with Crippen molar-refractivity contribution < 1.29 is 5.11 Å². The van der Waals surface area contributed by atoms with Crippen LogP contribution in [-0.4, -0.2) is 22.2 Å². The number of pyridine rings is 1. The van der Waals surface area contributed by atoms with E-state index in [2.05, 4.69) is 10.3 Å². The Labute approximate surface area is 95.5 Å². The highest BCUT2D eigenvalue weighted by atomic mass is 35.5. The maximum Gasteiger partial charge on any atom is 0.0943 e. The molecule has 0 unspecified atom stereocenters. The van der Waals surface area contributed by atoms with Crippen molar-refractivity contribution in [3.05, 3.63) is 29.0 Å². The van der Waals surface area contributed by atoms with Crippen molar-refractivity contribution in [3.8, 4) is 0 Å².